The van der Waals surface area contributed by atoms with Gasteiger partial charge in [0.15, 0.2) is 0 Å². The van der Waals surface area contributed by atoms with Gasteiger partial charge in [0, 0.05) is 12.0 Å². The molecule has 0 spiro atoms. The van der Waals surface area contributed by atoms with Gasteiger partial charge in [-0.15, -0.1) is 0 Å². The van der Waals surface area contributed by atoms with Crippen molar-refractivity contribution in [2.75, 3.05) is 0 Å². The SMILES string of the molecule is CC1(C)CC(N=CN)c2cccc(Cl)c2O1. The molecular formula is C12H15ClN2O. The van der Waals surface area contributed by atoms with Crippen molar-refractivity contribution in [1.82, 2.24) is 0 Å². The first-order valence-electron chi connectivity index (χ1n) is 5.24. The monoisotopic (exact) mass is 238 g/mol. The van der Waals surface area contributed by atoms with Gasteiger partial charge in [-0.25, -0.2) is 0 Å². The molecule has 0 radical (unpaired) electrons. The van der Waals surface area contributed by atoms with Gasteiger partial charge in [-0.1, -0.05) is 23.7 Å². The van der Waals surface area contributed by atoms with E-state index >= 15 is 0 Å². The summed E-state index contributed by atoms with van der Waals surface area (Å²) in [6.07, 6.45) is 2.14. The molecule has 4 heteroatoms. The number of fused-ring (bicyclic) bond motifs is 1. The fourth-order valence-corrected chi connectivity index (χ4v) is 2.25. The molecule has 1 aliphatic rings. The van der Waals surface area contributed by atoms with E-state index in [1.54, 1.807) is 0 Å². The number of hydrogen-bond acceptors (Lipinski definition) is 2. The minimum absolute atomic E-state index is 0.0300. The van der Waals surface area contributed by atoms with Gasteiger partial charge in [0.2, 0.25) is 0 Å². The maximum absolute atomic E-state index is 6.13. The summed E-state index contributed by atoms with van der Waals surface area (Å²) in [5.41, 5.74) is 6.12. The minimum atomic E-state index is -0.269. The summed E-state index contributed by atoms with van der Waals surface area (Å²) in [5.74, 6) is 0.732. The van der Waals surface area contributed by atoms with Crippen molar-refractivity contribution in [1.29, 1.82) is 0 Å². The van der Waals surface area contributed by atoms with Gasteiger partial charge in [0.1, 0.15) is 11.4 Å². The molecular weight excluding hydrogens is 224 g/mol. The fourth-order valence-electron chi connectivity index (χ4n) is 2.03. The van der Waals surface area contributed by atoms with E-state index in [9.17, 15) is 0 Å². The van der Waals surface area contributed by atoms with Crippen LogP contribution < -0.4 is 10.5 Å². The van der Waals surface area contributed by atoms with Crippen LogP contribution in [0.4, 0.5) is 0 Å². The second-order valence-electron chi connectivity index (χ2n) is 4.54. The Morgan fingerprint density at radius 3 is 3.00 bits per heavy atom. The van der Waals surface area contributed by atoms with Crippen LogP contribution in [-0.2, 0) is 0 Å². The average Bonchev–Trinajstić information content (AvgIpc) is 2.19. The Morgan fingerprint density at radius 1 is 1.56 bits per heavy atom. The second kappa shape index (κ2) is 3.98. The Labute approximate surface area is 100 Å². The van der Waals surface area contributed by atoms with Gasteiger partial charge in [0.05, 0.1) is 17.4 Å². The molecule has 2 N–H and O–H groups in total. The Balaban J connectivity index is 2.51. The van der Waals surface area contributed by atoms with Crippen LogP contribution in [0.5, 0.6) is 5.75 Å². The summed E-state index contributed by atoms with van der Waals surface area (Å²) in [6.45, 7) is 4.05. The molecule has 0 aliphatic carbocycles. The maximum atomic E-state index is 6.13. The Morgan fingerprint density at radius 2 is 2.31 bits per heavy atom. The predicted molar refractivity (Wildman–Crippen MR) is 66.2 cm³/mol. The van der Waals surface area contributed by atoms with E-state index in [4.69, 9.17) is 22.1 Å². The van der Waals surface area contributed by atoms with Crippen molar-refractivity contribution < 1.29 is 4.74 Å². The van der Waals surface area contributed by atoms with E-state index in [1.807, 2.05) is 32.0 Å². The summed E-state index contributed by atoms with van der Waals surface area (Å²) >= 11 is 6.13. The largest absolute Gasteiger partial charge is 0.486 e. The first kappa shape index (κ1) is 11.3. The van der Waals surface area contributed by atoms with Gasteiger partial charge in [-0.05, 0) is 19.9 Å². The van der Waals surface area contributed by atoms with Crippen molar-refractivity contribution in [3.8, 4) is 5.75 Å². The fraction of sp³-hybridized carbons (Fsp3) is 0.417. The molecule has 1 atom stereocenters. The number of nitrogens with two attached hydrogens (primary N) is 1. The van der Waals surface area contributed by atoms with Crippen LogP contribution in [0.1, 0.15) is 31.9 Å². The lowest BCUT2D eigenvalue weighted by atomic mass is 9.90. The highest BCUT2D eigenvalue weighted by molar-refractivity contribution is 6.32. The van der Waals surface area contributed by atoms with Crippen LogP contribution in [-0.4, -0.2) is 11.9 Å². The van der Waals surface area contributed by atoms with E-state index < -0.39 is 0 Å². The van der Waals surface area contributed by atoms with Gasteiger partial charge < -0.3 is 10.5 Å². The number of nitrogens with zero attached hydrogens (tertiary/aromatic N) is 1. The number of aliphatic imine (C=N–C) groups is 1. The number of ether oxygens (including phenoxy) is 1. The summed E-state index contributed by atoms with van der Waals surface area (Å²) < 4.78 is 5.88. The van der Waals surface area contributed by atoms with Crippen molar-refractivity contribution in [3.05, 3.63) is 28.8 Å². The van der Waals surface area contributed by atoms with Crippen molar-refractivity contribution in [2.24, 2.45) is 10.7 Å². The van der Waals surface area contributed by atoms with E-state index in [0.29, 0.717) is 5.02 Å². The first-order chi connectivity index (χ1) is 7.53. The van der Waals surface area contributed by atoms with E-state index in [2.05, 4.69) is 4.99 Å². The van der Waals surface area contributed by atoms with Crippen LogP contribution in [0.15, 0.2) is 23.2 Å². The van der Waals surface area contributed by atoms with Crippen LogP contribution >= 0.6 is 11.6 Å². The lowest BCUT2D eigenvalue weighted by Gasteiger charge is -2.36. The number of para-hydroxylation sites is 1. The molecule has 1 aromatic carbocycles. The van der Waals surface area contributed by atoms with E-state index in [-0.39, 0.29) is 11.6 Å². The molecule has 0 fully saturated rings. The summed E-state index contributed by atoms with van der Waals surface area (Å²) in [6, 6.07) is 5.74. The van der Waals surface area contributed by atoms with Crippen molar-refractivity contribution >= 4 is 17.9 Å². The minimum Gasteiger partial charge on any atom is -0.486 e. The third-order valence-corrected chi connectivity index (χ3v) is 2.98. The van der Waals surface area contributed by atoms with Gasteiger partial charge in [0.25, 0.3) is 0 Å². The molecule has 1 aromatic rings. The smallest absolute Gasteiger partial charge is 0.144 e. The molecule has 86 valence electrons. The zero-order valence-corrected chi connectivity index (χ0v) is 10.2. The molecule has 2 rings (SSSR count). The zero-order valence-electron chi connectivity index (χ0n) is 9.40. The zero-order chi connectivity index (χ0) is 11.8. The molecule has 0 bridgehead atoms. The van der Waals surface area contributed by atoms with E-state index in [0.717, 1.165) is 17.7 Å². The molecule has 0 saturated heterocycles. The maximum Gasteiger partial charge on any atom is 0.144 e. The molecule has 0 saturated carbocycles. The Bertz CT molecular complexity index is 429. The normalized spacial score (nSPS) is 22.8. The Hall–Kier alpha value is -1.22. The topological polar surface area (TPSA) is 47.6 Å². The lowest BCUT2D eigenvalue weighted by molar-refractivity contribution is 0.0734. The number of halogens is 1. The van der Waals surface area contributed by atoms with Gasteiger partial charge in [-0.3, -0.25) is 4.99 Å². The third kappa shape index (κ3) is 2.00. The van der Waals surface area contributed by atoms with E-state index in [1.165, 1.54) is 6.34 Å². The van der Waals surface area contributed by atoms with Gasteiger partial charge in [-0.2, -0.15) is 0 Å². The number of rotatable bonds is 1. The first-order valence-corrected chi connectivity index (χ1v) is 5.62. The predicted octanol–water partition coefficient (Wildman–Crippen LogP) is 2.93. The average molecular weight is 239 g/mol. The molecule has 0 amide bonds. The Kier molecular flexibility index (Phi) is 2.80. The lowest BCUT2D eigenvalue weighted by Crippen LogP contribution is -2.34. The highest BCUT2D eigenvalue weighted by atomic mass is 35.5. The van der Waals surface area contributed by atoms with Crippen LogP contribution in [0.25, 0.3) is 0 Å². The molecule has 16 heavy (non-hydrogen) atoms. The van der Waals surface area contributed by atoms with Gasteiger partial charge >= 0.3 is 0 Å². The number of benzene rings is 1. The quantitative estimate of drug-likeness (QED) is 0.604. The standard InChI is InChI=1S/C12H15ClN2O/c1-12(2)6-10(15-7-14)8-4-3-5-9(13)11(8)16-12/h3-5,7,10H,6H2,1-2H3,(H2,14,15). The molecule has 1 heterocycles. The third-order valence-electron chi connectivity index (χ3n) is 2.69. The van der Waals surface area contributed by atoms with Crippen molar-refractivity contribution in [3.63, 3.8) is 0 Å². The van der Waals surface area contributed by atoms with Crippen LogP contribution in [0, 0.1) is 0 Å². The molecule has 0 aromatic heterocycles. The summed E-state index contributed by atoms with van der Waals surface area (Å²) in [7, 11) is 0. The van der Waals surface area contributed by atoms with Crippen molar-refractivity contribution in [2.45, 2.75) is 31.9 Å². The molecule has 3 nitrogen and oxygen atoms in total. The highest BCUT2D eigenvalue weighted by Gasteiger charge is 2.34. The molecule has 1 unspecified atom stereocenters. The van der Waals surface area contributed by atoms with Crippen LogP contribution in [0.2, 0.25) is 5.02 Å². The second-order valence-corrected chi connectivity index (χ2v) is 4.95. The highest BCUT2D eigenvalue weighted by Crippen LogP contribution is 2.44. The summed E-state index contributed by atoms with van der Waals surface area (Å²) in [4.78, 5) is 4.28. The van der Waals surface area contributed by atoms with Crippen LogP contribution in [0.3, 0.4) is 0 Å². The summed E-state index contributed by atoms with van der Waals surface area (Å²) in [5, 5.41) is 0.627. The number of hydrogen-bond donors (Lipinski definition) is 1. The molecule has 1 aliphatic heterocycles.